The van der Waals surface area contributed by atoms with Gasteiger partial charge in [-0.15, -0.1) is 21.5 Å². The molecule has 0 aliphatic heterocycles. The van der Waals surface area contributed by atoms with Crippen molar-refractivity contribution in [3.63, 3.8) is 0 Å². The van der Waals surface area contributed by atoms with Crippen LogP contribution in [-0.4, -0.2) is 40.0 Å². The van der Waals surface area contributed by atoms with Crippen LogP contribution in [0.1, 0.15) is 16.1 Å². The second-order valence-corrected chi connectivity index (χ2v) is 8.66. The molecule has 0 unspecified atom stereocenters. The van der Waals surface area contributed by atoms with Crippen LogP contribution in [0.4, 0.5) is 0 Å². The first-order valence-corrected chi connectivity index (χ1v) is 10.7. The summed E-state index contributed by atoms with van der Waals surface area (Å²) in [6, 6.07) is 11.0. The molecule has 3 aromatic rings. The lowest BCUT2D eigenvalue weighted by molar-refractivity contribution is 0.102. The molecule has 27 heavy (non-hydrogen) atoms. The fraction of sp³-hybridized carbons (Fsp3) is 0.278. The fourth-order valence-electron chi connectivity index (χ4n) is 2.47. The molecular formula is C18H17Cl2N3O2S2. The van der Waals surface area contributed by atoms with Crippen molar-refractivity contribution in [1.29, 1.82) is 0 Å². The number of halogens is 2. The highest BCUT2D eigenvalue weighted by atomic mass is 35.5. The van der Waals surface area contributed by atoms with Crippen molar-refractivity contribution < 1.29 is 9.53 Å². The molecule has 1 aromatic carbocycles. The van der Waals surface area contributed by atoms with Crippen LogP contribution in [-0.2, 0) is 11.3 Å². The van der Waals surface area contributed by atoms with Gasteiger partial charge in [0.1, 0.15) is 0 Å². The zero-order valence-electron chi connectivity index (χ0n) is 14.5. The monoisotopic (exact) mass is 441 g/mol. The Labute approximate surface area is 175 Å². The molecule has 0 aliphatic carbocycles. The molecule has 0 bridgehead atoms. The van der Waals surface area contributed by atoms with E-state index in [0.29, 0.717) is 38.4 Å². The van der Waals surface area contributed by atoms with Crippen molar-refractivity contribution in [1.82, 2.24) is 14.8 Å². The van der Waals surface area contributed by atoms with Crippen LogP contribution in [0.3, 0.4) is 0 Å². The summed E-state index contributed by atoms with van der Waals surface area (Å²) in [6.45, 7) is 1.29. The molecule has 0 amide bonds. The minimum atomic E-state index is 0.0163. The summed E-state index contributed by atoms with van der Waals surface area (Å²) in [7, 11) is 1.67. The number of hydrogen-bond acceptors (Lipinski definition) is 6. The van der Waals surface area contributed by atoms with Crippen LogP contribution in [0.15, 0.2) is 41.6 Å². The normalized spacial score (nSPS) is 11.1. The highest BCUT2D eigenvalue weighted by molar-refractivity contribution is 7.99. The van der Waals surface area contributed by atoms with Crippen LogP contribution < -0.4 is 0 Å². The average molecular weight is 442 g/mol. The molecule has 0 radical (unpaired) electrons. The van der Waals surface area contributed by atoms with Gasteiger partial charge in [-0.25, -0.2) is 0 Å². The first-order chi connectivity index (χ1) is 13.1. The summed E-state index contributed by atoms with van der Waals surface area (Å²) in [4.78, 5) is 13.0. The number of thioether (sulfide) groups is 1. The summed E-state index contributed by atoms with van der Waals surface area (Å²) in [5, 5.41) is 9.89. The molecule has 0 spiro atoms. The molecule has 142 valence electrons. The average Bonchev–Trinajstić information content (AvgIpc) is 3.27. The molecule has 0 saturated carbocycles. The van der Waals surface area contributed by atoms with Gasteiger partial charge in [0.05, 0.1) is 20.0 Å². The van der Waals surface area contributed by atoms with Crippen molar-refractivity contribution in [3.8, 4) is 11.4 Å². The minimum Gasteiger partial charge on any atom is -0.385 e. The number of carbonyl (C=O) groups excluding carboxylic acids is 1. The standard InChI is InChI=1S/C18H17Cl2N3O2S2/c1-25-10-4-9-23-17(12-5-2-3-6-13(12)19)21-22-18(23)26-11-14(24)15-7-8-16(20)27-15/h2-3,5-8H,4,9-11H2,1H3. The van der Waals surface area contributed by atoms with Gasteiger partial charge < -0.3 is 9.30 Å². The summed E-state index contributed by atoms with van der Waals surface area (Å²) in [6.07, 6.45) is 0.800. The number of rotatable bonds is 9. The third-order valence-corrected chi connectivity index (χ3v) is 6.31. The minimum absolute atomic E-state index is 0.0163. The van der Waals surface area contributed by atoms with E-state index in [-0.39, 0.29) is 11.5 Å². The lowest BCUT2D eigenvalue weighted by atomic mass is 10.2. The summed E-state index contributed by atoms with van der Waals surface area (Å²) in [5.41, 5.74) is 0.812. The first kappa shape index (κ1) is 20.4. The molecular weight excluding hydrogens is 425 g/mol. The topological polar surface area (TPSA) is 57.0 Å². The molecule has 0 saturated heterocycles. The number of Topliss-reactive ketones (excluding diaryl/α,β-unsaturated/α-hetero) is 1. The van der Waals surface area contributed by atoms with Gasteiger partial charge in [0.25, 0.3) is 0 Å². The number of ketones is 1. The SMILES string of the molecule is COCCCn1c(SCC(=O)c2ccc(Cl)s2)nnc1-c1ccccc1Cl. The highest BCUT2D eigenvalue weighted by Crippen LogP contribution is 2.30. The van der Waals surface area contributed by atoms with Crippen LogP contribution in [0, 0.1) is 0 Å². The van der Waals surface area contributed by atoms with Crippen molar-refractivity contribution in [2.75, 3.05) is 19.5 Å². The summed E-state index contributed by atoms with van der Waals surface area (Å²) in [5.74, 6) is 0.968. The Morgan fingerprint density at radius 1 is 1.22 bits per heavy atom. The van der Waals surface area contributed by atoms with E-state index in [0.717, 1.165) is 12.0 Å². The van der Waals surface area contributed by atoms with Crippen LogP contribution in [0.25, 0.3) is 11.4 Å². The fourth-order valence-corrected chi connectivity index (χ4v) is 4.61. The van der Waals surface area contributed by atoms with Gasteiger partial charge in [-0.1, -0.05) is 47.1 Å². The molecule has 9 heteroatoms. The van der Waals surface area contributed by atoms with E-state index in [1.807, 2.05) is 28.8 Å². The maximum absolute atomic E-state index is 12.4. The largest absolute Gasteiger partial charge is 0.385 e. The van der Waals surface area contributed by atoms with Crippen molar-refractivity contribution in [2.24, 2.45) is 0 Å². The number of benzene rings is 1. The Bertz CT molecular complexity index is 927. The van der Waals surface area contributed by atoms with Crippen molar-refractivity contribution in [2.45, 2.75) is 18.1 Å². The van der Waals surface area contributed by atoms with Gasteiger partial charge in [-0.3, -0.25) is 4.79 Å². The Hall–Kier alpha value is -1.38. The van der Waals surface area contributed by atoms with E-state index < -0.39 is 0 Å². The second-order valence-electron chi connectivity index (χ2n) is 5.60. The maximum Gasteiger partial charge on any atom is 0.191 e. The molecule has 0 atom stereocenters. The van der Waals surface area contributed by atoms with Gasteiger partial charge in [-0.05, 0) is 30.7 Å². The molecule has 5 nitrogen and oxygen atoms in total. The molecule has 0 aliphatic rings. The first-order valence-electron chi connectivity index (χ1n) is 8.18. The third kappa shape index (κ3) is 5.12. The number of carbonyl (C=O) groups is 1. The number of aromatic nitrogens is 3. The molecule has 2 aromatic heterocycles. The van der Waals surface area contributed by atoms with E-state index in [9.17, 15) is 4.79 Å². The van der Waals surface area contributed by atoms with E-state index in [1.54, 1.807) is 19.2 Å². The molecule has 0 fully saturated rings. The van der Waals surface area contributed by atoms with Gasteiger partial charge >= 0.3 is 0 Å². The number of nitrogens with zero attached hydrogens (tertiary/aromatic N) is 3. The quantitative estimate of drug-likeness (QED) is 0.255. The number of methoxy groups -OCH3 is 1. The second kappa shape index (κ2) is 9.71. The predicted molar refractivity (Wildman–Crippen MR) is 111 cm³/mol. The zero-order chi connectivity index (χ0) is 19.2. The van der Waals surface area contributed by atoms with Gasteiger partial charge in [0.2, 0.25) is 0 Å². The molecule has 0 N–H and O–H groups in total. The van der Waals surface area contributed by atoms with Crippen molar-refractivity contribution >= 4 is 52.1 Å². The van der Waals surface area contributed by atoms with E-state index in [4.69, 9.17) is 27.9 Å². The molecule has 2 heterocycles. The lowest BCUT2D eigenvalue weighted by Crippen LogP contribution is -2.07. The van der Waals surface area contributed by atoms with E-state index >= 15 is 0 Å². The van der Waals surface area contributed by atoms with Crippen LogP contribution >= 0.6 is 46.3 Å². The number of ether oxygens (including phenoxy) is 1. The van der Waals surface area contributed by atoms with E-state index in [2.05, 4.69) is 10.2 Å². The Kier molecular flexibility index (Phi) is 7.32. The lowest BCUT2D eigenvalue weighted by Gasteiger charge is -2.10. The van der Waals surface area contributed by atoms with Gasteiger partial charge in [0.15, 0.2) is 16.8 Å². The van der Waals surface area contributed by atoms with Gasteiger partial charge in [-0.2, -0.15) is 0 Å². The maximum atomic E-state index is 12.4. The third-order valence-electron chi connectivity index (χ3n) is 3.74. The van der Waals surface area contributed by atoms with Crippen molar-refractivity contribution in [3.05, 3.63) is 50.6 Å². The molecule has 3 rings (SSSR count). The zero-order valence-corrected chi connectivity index (χ0v) is 17.7. The van der Waals surface area contributed by atoms with Crippen LogP contribution in [0.2, 0.25) is 9.36 Å². The van der Waals surface area contributed by atoms with E-state index in [1.165, 1.54) is 23.1 Å². The number of thiophene rings is 1. The Morgan fingerprint density at radius 3 is 2.74 bits per heavy atom. The van der Waals surface area contributed by atoms with Gasteiger partial charge in [0, 0.05) is 25.8 Å². The Morgan fingerprint density at radius 2 is 2.04 bits per heavy atom. The predicted octanol–water partition coefficient (Wildman–Crippen LogP) is 5.32. The summed E-state index contributed by atoms with van der Waals surface area (Å²) >= 11 is 14.9. The highest BCUT2D eigenvalue weighted by Gasteiger charge is 2.18. The van der Waals surface area contributed by atoms with Crippen LogP contribution in [0.5, 0.6) is 0 Å². The smallest absolute Gasteiger partial charge is 0.191 e. The summed E-state index contributed by atoms with van der Waals surface area (Å²) < 4.78 is 7.74. The Balaban J connectivity index is 1.81. The number of hydrogen-bond donors (Lipinski definition) is 0.